The molecule has 0 saturated heterocycles. The van der Waals surface area contributed by atoms with Gasteiger partial charge in [0.2, 0.25) is 0 Å². The SMILES string of the molecule is Nc1ccc(C(=O)OCCn2cccn2)c(Cl)c1. The van der Waals surface area contributed by atoms with Crippen molar-refractivity contribution >= 4 is 23.3 Å². The molecule has 94 valence electrons. The maximum atomic E-state index is 11.7. The minimum Gasteiger partial charge on any atom is -0.460 e. The minimum absolute atomic E-state index is 0.237. The highest BCUT2D eigenvalue weighted by molar-refractivity contribution is 6.33. The minimum atomic E-state index is -0.466. The monoisotopic (exact) mass is 265 g/mol. The van der Waals surface area contributed by atoms with Crippen molar-refractivity contribution in [2.24, 2.45) is 0 Å². The van der Waals surface area contributed by atoms with Crippen molar-refractivity contribution in [3.05, 3.63) is 47.2 Å². The molecule has 0 bridgehead atoms. The molecule has 0 saturated carbocycles. The quantitative estimate of drug-likeness (QED) is 0.678. The molecular formula is C12H12ClN3O2. The van der Waals surface area contributed by atoms with Crippen LogP contribution in [0.15, 0.2) is 36.7 Å². The van der Waals surface area contributed by atoms with E-state index >= 15 is 0 Å². The number of nitrogens with two attached hydrogens (primary N) is 1. The summed E-state index contributed by atoms with van der Waals surface area (Å²) in [6, 6.07) is 6.48. The van der Waals surface area contributed by atoms with E-state index in [2.05, 4.69) is 5.10 Å². The molecule has 2 N–H and O–H groups in total. The topological polar surface area (TPSA) is 70.1 Å². The Bertz CT molecular complexity index is 540. The van der Waals surface area contributed by atoms with Gasteiger partial charge in [0.15, 0.2) is 0 Å². The van der Waals surface area contributed by atoms with Crippen LogP contribution < -0.4 is 5.73 Å². The fraction of sp³-hybridized carbons (Fsp3) is 0.167. The number of carbonyl (C=O) groups is 1. The van der Waals surface area contributed by atoms with Gasteiger partial charge in [-0.1, -0.05) is 11.6 Å². The van der Waals surface area contributed by atoms with E-state index in [1.54, 1.807) is 35.3 Å². The van der Waals surface area contributed by atoms with Gasteiger partial charge in [0.1, 0.15) is 6.61 Å². The molecule has 2 aromatic rings. The third-order valence-electron chi connectivity index (χ3n) is 2.33. The van der Waals surface area contributed by atoms with E-state index in [9.17, 15) is 4.79 Å². The Morgan fingerprint density at radius 3 is 3.00 bits per heavy atom. The number of nitrogens with zero attached hydrogens (tertiary/aromatic N) is 2. The summed E-state index contributed by atoms with van der Waals surface area (Å²) in [5, 5.41) is 4.29. The number of hydrogen-bond acceptors (Lipinski definition) is 4. The number of benzene rings is 1. The molecule has 0 spiro atoms. The number of halogens is 1. The summed E-state index contributed by atoms with van der Waals surface area (Å²) < 4.78 is 6.78. The Morgan fingerprint density at radius 2 is 2.33 bits per heavy atom. The Morgan fingerprint density at radius 1 is 1.50 bits per heavy atom. The van der Waals surface area contributed by atoms with Crippen molar-refractivity contribution in [1.82, 2.24) is 9.78 Å². The number of rotatable bonds is 4. The molecule has 0 fully saturated rings. The zero-order chi connectivity index (χ0) is 13.0. The molecule has 0 aliphatic heterocycles. The van der Waals surface area contributed by atoms with Crippen LogP contribution in [0.4, 0.5) is 5.69 Å². The van der Waals surface area contributed by atoms with Gasteiger partial charge >= 0.3 is 5.97 Å². The second-order valence-electron chi connectivity index (χ2n) is 3.64. The average molecular weight is 266 g/mol. The van der Waals surface area contributed by atoms with Crippen LogP contribution in [0.25, 0.3) is 0 Å². The van der Waals surface area contributed by atoms with E-state index in [0.29, 0.717) is 22.8 Å². The van der Waals surface area contributed by atoms with Gasteiger partial charge in [-0.25, -0.2) is 4.79 Å². The van der Waals surface area contributed by atoms with Gasteiger partial charge in [-0.2, -0.15) is 5.10 Å². The predicted octanol–water partition coefficient (Wildman–Crippen LogP) is 1.98. The summed E-state index contributed by atoms with van der Waals surface area (Å²) in [5.74, 6) is -0.466. The van der Waals surface area contributed by atoms with Crippen molar-refractivity contribution in [1.29, 1.82) is 0 Å². The second kappa shape index (κ2) is 5.55. The first-order valence-corrected chi connectivity index (χ1v) is 5.74. The lowest BCUT2D eigenvalue weighted by atomic mass is 10.2. The second-order valence-corrected chi connectivity index (χ2v) is 4.05. The number of anilines is 1. The van der Waals surface area contributed by atoms with Crippen LogP contribution in [0, 0.1) is 0 Å². The van der Waals surface area contributed by atoms with E-state index in [1.165, 1.54) is 6.07 Å². The lowest BCUT2D eigenvalue weighted by Crippen LogP contribution is -2.12. The number of nitrogen functional groups attached to an aromatic ring is 1. The molecule has 0 atom stereocenters. The molecule has 0 unspecified atom stereocenters. The lowest BCUT2D eigenvalue weighted by Gasteiger charge is -2.06. The molecule has 0 aliphatic rings. The van der Waals surface area contributed by atoms with Gasteiger partial charge in [0.05, 0.1) is 17.1 Å². The van der Waals surface area contributed by atoms with Gasteiger partial charge < -0.3 is 10.5 Å². The average Bonchev–Trinajstić information content (AvgIpc) is 2.81. The van der Waals surface area contributed by atoms with E-state index in [-0.39, 0.29) is 6.61 Å². The molecule has 0 aliphatic carbocycles. The Balaban J connectivity index is 1.91. The number of aromatic nitrogens is 2. The molecule has 18 heavy (non-hydrogen) atoms. The molecular weight excluding hydrogens is 254 g/mol. The molecule has 1 heterocycles. The highest BCUT2D eigenvalue weighted by Gasteiger charge is 2.11. The third kappa shape index (κ3) is 3.01. The first kappa shape index (κ1) is 12.4. The van der Waals surface area contributed by atoms with Crippen LogP contribution in [-0.2, 0) is 11.3 Å². The fourth-order valence-corrected chi connectivity index (χ4v) is 1.71. The number of carbonyl (C=O) groups excluding carboxylic acids is 1. The van der Waals surface area contributed by atoms with Gasteiger partial charge in [-0.3, -0.25) is 4.68 Å². The van der Waals surface area contributed by atoms with Crippen LogP contribution in [0.2, 0.25) is 5.02 Å². The van der Waals surface area contributed by atoms with Crippen molar-refractivity contribution < 1.29 is 9.53 Å². The van der Waals surface area contributed by atoms with Crippen LogP contribution in [0.5, 0.6) is 0 Å². The maximum absolute atomic E-state index is 11.7. The van der Waals surface area contributed by atoms with Crippen LogP contribution in [0.1, 0.15) is 10.4 Å². The van der Waals surface area contributed by atoms with Gasteiger partial charge in [0.25, 0.3) is 0 Å². The fourth-order valence-electron chi connectivity index (χ4n) is 1.44. The van der Waals surface area contributed by atoms with Crippen molar-refractivity contribution in [2.75, 3.05) is 12.3 Å². The Kier molecular flexibility index (Phi) is 3.84. The molecule has 6 heteroatoms. The van der Waals surface area contributed by atoms with Gasteiger partial charge in [0, 0.05) is 18.1 Å². The number of ether oxygens (including phenoxy) is 1. The van der Waals surface area contributed by atoms with Crippen LogP contribution >= 0.6 is 11.6 Å². The van der Waals surface area contributed by atoms with Gasteiger partial charge in [-0.15, -0.1) is 0 Å². The third-order valence-corrected chi connectivity index (χ3v) is 2.64. The number of hydrogen-bond donors (Lipinski definition) is 1. The van der Waals surface area contributed by atoms with E-state index in [1.807, 2.05) is 0 Å². The van der Waals surface area contributed by atoms with Crippen molar-refractivity contribution in [3.63, 3.8) is 0 Å². The summed E-state index contributed by atoms with van der Waals surface area (Å²) in [7, 11) is 0. The first-order chi connectivity index (χ1) is 8.66. The molecule has 2 rings (SSSR count). The largest absolute Gasteiger partial charge is 0.460 e. The molecule has 5 nitrogen and oxygen atoms in total. The first-order valence-electron chi connectivity index (χ1n) is 5.36. The molecule has 0 amide bonds. The lowest BCUT2D eigenvalue weighted by molar-refractivity contribution is 0.0488. The maximum Gasteiger partial charge on any atom is 0.339 e. The van der Waals surface area contributed by atoms with E-state index in [4.69, 9.17) is 22.1 Å². The Labute approximate surface area is 109 Å². The highest BCUT2D eigenvalue weighted by Crippen LogP contribution is 2.19. The summed E-state index contributed by atoms with van der Waals surface area (Å²) in [6.45, 7) is 0.743. The smallest absolute Gasteiger partial charge is 0.339 e. The van der Waals surface area contributed by atoms with Crippen molar-refractivity contribution in [3.8, 4) is 0 Å². The standard InChI is InChI=1S/C12H12ClN3O2/c13-11-8-9(14)2-3-10(11)12(17)18-7-6-16-5-1-4-15-16/h1-5,8H,6-7,14H2. The molecule has 1 aromatic heterocycles. The molecule has 0 radical (unpaired) electrons. The highest BCUT2D eigenvalue weighted by atomic mass is 35.5. The van der Waals surface area contributed by atoms with E-state index in [0.717, 1.165) is 0 Å². The summed E-state index contributed by atoms with van der Waals surface area (Å²) in [4.78, 5) is 11.7. The van der Waals surface area contributed by atoms with E-state index < -0.39 is 5.97 Å². The normalized spacial score (nSPS) is 10.3. The summed E-state index contributed by atoms with van der Waals surface area (Å²) in [6.07, 6.45) is 3.46. The van der Waals surface area contributed by atoms with Gasteiger partial charge in [-0.05, 0) is 24.3 Å². The zero-order valence-corrected chi connectivity index (χ0v) is 10.3. The Hall–Kier alpha value is -2.01. The van der Waals surface area contributed by atoms with Crippen LogP contribution in [-0.4, -0.2) is 22.4 Å². The molecule has 1 aromatic carbocycles. The summed E-state index contributed by atoms with van der Waals surface area (Å²) in [5.41, 5.74) is 6.36. The zero-order valence-electron chi connectivity index (χ0n) is 9.54. The predicted molar refractivity (Wildman–Crippen MR) is 68.4 cm³/mol. The number of esters is 1. The van der Waals surface area contributed by atoms with Crippen molar-refractivity contribution in [2.45, 2.75) is 6.54 Å². The van der Waals surface area contributed by atoms with Crippen LogP contribution in [0.3, 0.4) is 0 Å². The summed E-state index contributed by atoms with van der Waals surface area (Å²) >= 11 is 5.90.